The molecule has 0 heterocycles. The first-order valence-electron chi connectivity index (χ1n) is 13.5. The van der Waals surface area contributed by atoms with Gasteiger partial charge in [0.25, 0.3) is 5.91 Å². The number of ether oxygens (including phenoxy) is 1. The maximum absolute atomic E-state index is 13.5. The number of hydrogen-bond acceptors (Lipinski definition) is 5. The molecule has 1 amide bonds. The van der Waals surface area contributed by atoms with Crippen molar-refractivity contribution in [2.45, 2.75) is 38.6 Å². The lowest BCUT2D eigenvalue weighted by atomic mass is 9.86. The summed E-state index contributed by atoms with van der Waals surface area (Å²) in [5.74, 6) is -1.41. The van der Waals surface area contributed by atoms with E-state index in [9.17, 15) is 14.4 Å². The van der Waals surface area contributed by atoms with Gasteiger partial charge in [0.2, 0.25) is 0 Å². The molecule has 0 bridgehead atoms. The summed E-state index contributed by atoms with van der Waals surface area (Å²) in [5, 5.41) is 14.6. The molecule has 0 saturated heterocycles. The molecule has 3 N–H and O–H groups in total. The molecular formula is C34H33BrN2O5. The molecule has 4 aromatic carbocycles. The van der Waals surface area contributed by atoms with Gasteiger partial charge in [0.05, 0.1) is 6.42 Å². The topological polar surface area (TPSA) is 105 Å². The van der Waals surface area contributed by atoms with E-state index in [4.69, 9.17) is 9.84 Å². The third-order valence-corrected chi connectivity index (χ3v) is 7.21. The van der Waals surface area contributed by atoms with Crippen LogP contribution in [0.25, 0.3) is 11.1 Å². The lowest BCUT2D eigenvalue weighted by Gasteiger charge is -2.22. The van der Waals surface area contributed by atoms with Crippen molar-refractivity contribution in [3.8, 4) is 16.9 Å². The molecule has 0 aliphatic rings. The summed E-state index contributed by atoms with van der Waals surface area (Å²) < 4.78 is 6.81. The molecule has 0 fully saturated rings. The number of benzene rings is 4. The number of carbonyl (C=O) groups excluding carboxylic acids is 2. The summed E-state index contributed by atoms with van der Waals surface area (Å²) in [5.41, 5.74) is 4.87. The molecule has 4 rings (SSSR count). The number of halogens is 1. The molecular weight excluding hydrogens is 596 g/mol. The highest BCUT2D eigenvalue weighted by Crippen LogP contribution is 2.28. The van der Waals surface area contributed by atoms with E-state index in [1.807, 2.05) is 60.7 Å². The van der Waals surface area contributed by atoms with E-state index in [1.165, 1.54) is 0 Å². The summed E-state index contributed by atoms with van der Waals surface area (Å²) in [6.07, 6.45) is -0.157. The molecule has 7 nitrogen and oxygen atoms in total. The van der Waals surface area contributed by atoms with E-state index in [2.05, 4.69) is 47.3 Å². The van der Waals surface area contributed by atoms with Crippen LogP contribution in [0.5, 0.6) is 5.75 Å². The van der Waals surface area contributed by atoms with Crippen molar-refractivity contribution >= 4 is 39.5 Å². The highest BCUT2D eigenvalue weighted by Gasteiger charge is 2.24. The second kappa shape index (κ2) is 13.5. The smallest absolute Gasteiger partial charge is 0.338 e. The zero-order valence-corrected chi connectivity index (χ0v) is 25.3. The predicted molar refractivity (Wildman–Crippen MR) is 168 cm³/mol. The van der Waals surface area contributed by atoms with Gasteiger partial charge in [-0.2, -0.15) is 0 Å². The third-order valence-electron chi connectivity index (χ3n) is 6.68. The first-order chi connectivity index (χ1) is 20.0. The Morgan fingerprint density at radius 1 is 0.810 bits per heavy atom. The fourth-order valence-electron chi connectivity index (χ4n) is 4.26. The number of carbonyl (C=O) groups is 3. The van der Waals surface area contributed by atoms with E-state index < -0.39 is 18.0 Å². The third kappa shape index (κ3) is 8.30. The van der Waals surface area contributed by atoms with Gasteiger partial charge in [0.15, 0.2) is 6.04 Å². The molecule has 1 unspecified atom stereocenters. The highest BCUT2D eigenvalue weighted by atomic mass is 79.9. The SMILES string of the molecule is CC(C)(C)c1ccc(C(Nc2ccc(C(=O)NCCC(=O)O)cc2)C(=O)Oc2ccc(-c3ccc(Br)cc3)cc2)cc1. The standard InChI is InChI=1S/C34H33BrN2O5/c1-34(2,3)26-12-4-24(5-13-26)31(37-28-16-8-25(9-17-28)32(40)36-21-20-30(38)39)33(41)42-29-18-10-23(11-19-29)22-6-14-27(35)15-7-22/h4-19,31,37H,20-21H2,1-3H3,(H,36,40)(H,38,39). The zero-order chi connectivity index (χ0) is 30.3. The lowest BCUT2D eigenvalue weighted by Crippen LogP contribution is -2.26. The molecule has 0 spiro atoms. The number of carboxylic acids is 1. The summed E-state index contributed by atoms with van der Waals surface area (Å²) in [7, 11) is 0. The molecule has 42 heavy (non-hydrogen) atoms. The maximum atomic E-state index is 13.5. The van der Waals surface area contributed by atoms with Crippen LogP contribution in [-0.2, 0) is 15.0 Å². The summed E-state index contributed by atoms with van der Waals surface area (Å²) in [6.45, 7) is 6.42. The van der Waals surface area contributed by atoms with E-state index in [0.717, 1.165) is 26.7 Å². The normalized spacial score (nSPS) is 11.8. The Morgan fingerprint density at radius 2 is 1.38 bits per heavy atom. The van der Waals surface area contributed by atoms with Gasteiger partial charge in [-0.15, -0.1) is 0 Å². The Balaban J connectivity index is 1.52. The fourth-order valence-corrected chi connectivity index (χ4v) is 4.52. The van der Waals surface area contributed by atoms with Crippen LogP contribution in [0.1, 0.15) is 54.7 Å². The molecule has 0 aromatic heterocycles. The van der Waals surface area contributed by atoms with Crippen molar-refractivity contribution in [1.82, 2.24) is 5.32 Å². The lowest BCUT2D eigenvalue weighted by molar-refractivity contribution is -0.137. The van der Waals surface area contributed by atoms with E-state index in [0.29, 0.717) is 17.0 Å². The van der Waals surface area contributed by atoms with E-state index in [1.54, 1.807) is 36.4 Å². The van der Waals surface area contributed by atoms with Gasteiger partial charge < -0.3 is 20.5 Å². The Morgan fingerprint density at radius 3 is 1.93 bits per heavy atom. The van der Waals surface area contributed by atoms with Crippen LogP contribution in [0.2, 0.25) is 0 Å². The summed E-state index contributed by atoms with van der Waals surface area (Å²) in [4.78, 5) is 36.6. The molecule has 0 aliphatic heterocycles. The Bertz CT molecular complexity index is 1530. The minimum absolute atomic E-state index is 0.0384. The second-order valence-electron chi connectivity index (χ2n) is 10.9. The monoisotopic (exact) mass is 628 g/mol. The predicted octanol–water partition coefficient (Wildman–Crippen LogP) is 7.38. The molecule has 0 aliphatic carbocycles. The number of amides is 1. The first-order valence-corrected chi connectivity index (χ1v) is 14.3. The molecule has 4 aromatic rings. The van der Waals surface area contributed by atoms with Crippen molar-refractivity contribution in [2.75, 3.05) is 11.9 Å². The van der Waals surface area contributed by atoms with Crippen LogP contribution in [0.3, 0.4) is 0 Å². The Labute approximate surface area is 254 Å². The van der Waals surface area contributed by atoms with Gasteiger partial charge in [0, 0.05) is 22.3 Å². The number of esters is 1. The van der Waals surface area contributed by atoms with Crippen LogP contribution >= 0.6 is 15.9 Å². The van der Waals surface area contributed by atoms with Crippen LogP contribution in [0, 0.1) is 0 Å². The maximum Gasteiger partial charge on any atom is 0.338 e. The number of hydrogen-bond donors (Lipinski definition) is 3. The number of anilines is 1. The summed E-state index contributed by atoms with van der Waals surface area (Å²) >= 11 is 3.45. The molecule has 8 heteroatoms. The first kappa shape index (κ1) is 30.5. The Hall–Kier alpha value is -4.43. The quantitative estimate of drug-likeness (QED) is 0.125. The van der Waals surface area contributed by atoms with Crippen molar-refractivity contribution < 1.29 is 24.2 Å². The average molecular weight is 630 g/mol. The number of rotatable bonds is 10. The van der Waals surface area contributed by atoms with Crippen LogP contribution < -0.4 is 15.4 Å². The number of carboxylic acid groups (broad SMARTS) is 1. The van der Waals surface area contributed by atoms with Crippen LogP contribution in [0.4, 0.5) is 5.69 Å². The van der Waals surface area contributed by atoms with Gasteiger partial charge in [-0.1, -0.05) is 85.2 Å². The second-order valence-corrected chi connectivity index (χ2v) is 11.8. The molecule has 216 valence electrons. The van der Waals surface area contributed by atoms with Crippen molar-refractivity contribution in [3.63, 3.8) is 0 Å². The van der Waals surface area contributed by atoms with E-state index in [-0.39, 0.29) is 24.3 Å². The van der Waals surface area contributed by atoms with E-state index >= 15 is 0 Å². The van der Waals surface area contributed by atoms with Crippen molar-refractivity contribution in [3.05, 3.63) is 118 Å². The minimum Gasteiger partial charge on any atom is -0.481 e. The molecule has 0 radical (unpaired) electrons. The van der Waals surface area contributed by atoms with Crippen molar-refractivity contribution in [1.29, 1.82) is 0 Å². The van der Waals surface area contributed by atoms with Crippen LogP contribution in [0.15, 0.2) is 102 Å². The number of nitrogens with one attached hydrogen (secondary N) is 2. The largest absolute Gasteiger partial charge is 0.481 e. The minimum atomic E-state index is -0.983. The average Bonchev–Trinajstić information content (AvgIpc) is 2.96. The Kier molecular flexibility index (Phi) is 9.80. The summed E-state index contributed by atoms with van der Waals surface area (Å²) in [6, 6.07) is 29.0. The van der Waals surface area contributed by atoms with Gasteiger partial charge >= 0.3 is 11.9 Å². The van der Waals surface area contributed by atoms with Gasteiger partial charge in [-0.05, 0) is 76.2 Å². The van der Waals surface area contributed by atoms with Crippen LogP contribution in [-0.4, -0.2) is 29.5 Å². The molecule has 0 saturated carbocycles. The highest BCUT2D eigenvalue weighted by molar-refractivity contribution is 9.10. The fraction of sp³-hybridized carbons (Fsp3) is 0.206. The van der Waals surface area contributed by atoms with Gasteiger partial charge in [-0.25, -0.2) is 4.79 Å². The van der Waals surface area contributed by atoms with Crippen molar-refractivity contribution in [2.24, 2.45) is 0 Å². The molecule has 1 atom stereocenters. The van der Waals surface area contributed by atoms with Gasteiger partial charge in [-0.3, -0.25) is 9.59 Å². The van der Waals surface area contributed by atoms with Gasteiger partial charge in [0.1, 0.15) is 5.75 Å². The zero-order valence-electron chi connectivity index (χ0n) is 23.7. The number of aliphatic carboxylic acids is 1.